The highest BCUT2D eigenvalue weighted by molar-refractivity contribution is 9.09. The molecule has 0 unspecified atom stereocenters. The van der Waals surface area contributed by atoms with Crippen LogP contribution in [0.25, 0.3) is 0 Å². The molecule has 4 rings (SSSR count). The molecule has 1 amide bonds. The van der Waals surface area contributed by atoms with Gasteiger partial charge < -0.3 is 9.64 Å². The number of para-hydroxylation sites is 1. The number of carbonyl (C=O) groups excluding carboxylic acids is 1. The molecule has 1 aliphatic heterocycles. The van der Waals surface area contributed by atoms with Crippen molar-refractivity contribution in [1.82, 2.24) is 0 Å². The maximum absolute atomic E-state index is 13.3. The van der Waals surface area contributed by atoms with Crippen LogP contribution in [0.5, 0.6) is 5.75 Å². The van der Waals surface area contributed by atoms with Crippen molar-refractivity contribution < 1.29 is 9.53 Å². The Morgan fingerprint density at radius 3 is 2.28 bits per heavy atom. The molecule has 3 aromatic rings. The standard InChI is InChI=1S/C27H27BrClNO2/c1-32-24-14-9-21(10-15-24)26-25(27(31)30(26)23-5-3-2-4-6-23)16-11-20(17-18-28)19-7-12-22(29)13-8-19/h2-10,12-15,20,25-26H,11,16-18H2,1H3/t20-,25-,26-/m1/s1. The van der Waals surface area contributed by atoms with Gasteiger partial charge in [-0.05, 0) is 72.7 Å². The Balaban J connectivity index is 1.56. The summed E-state index contributed by atoms with van der Waals surface area (Å²) < 4.78 is 5.33. The number of amides is 1. The van der Waals surface area contributed by atoms with Crippen molar-refractivity contribution in [3.8, 4) is 5.75 Å². The van der Waals surface area contributed by atoms with Gasteiger partial charge in [-0.25, -0.2) is 0 Å². The summed E-state index contributed by atoms with van der Waals surface area (Å²) in [6.07, 6.45) is 2.83. The summed E-state index contributed by atoms with van der Waals surface area (Å²) in [5.41, 5.74) is 3.37. The average Bonchev–Trinajstić information content (AvgIpc) is 2.83. The molecular weight excluding hydrogens is 486 g/mol. The van der Waals surface area contributed by atoms with Gasteiger partial charge in [-0.15, -0.1) is 0 Å². The number of halogens is 2. The van der Waals surface area contributed by atoms with Gasteiger partial charge in [0.1, 0.15) is 5.75 Å². The first-order valence-electron chi connectivity index (χ1n) is 11.0. The number of rotatable bonds is 9. The molecule has 32 heavy (non-hydrogen) atoms. The third-order valence-electron chi connectivity index (χ3n) is 6.33. The van der Waals surface area contributed by atoms with E-state index in [1.807, 2.05) is 59.5 Å². The molecule has 0 bridgehead atoms. The minimum Gasteiger partial charge on any atom is -0.497 e. The fourth-order valence-corrected chi connectivity index (χ4v) is 5.29. The minimum atomic E-state index is -0.0336. The number of β-lactam (4-membered cyclic amide) rings is 1. The lowest BCUT2D eigenvalue weighted by atomic mass is 9.76. The predicted molar refractivity (Wildman–Crippen MR) is 135 cm³/mol. The second-order valence-electron chi connectivity index (χ2n) is 8.17. The Bertz CT molecular complexity index is 1020. The monoisotopic (exact) mass is 511 g/mol. The lowest BCUT2D eigenvalue weighted by molar-refractivity contribution is -0.130. The fourth-order valence-electron chi connectivity index (χ4n) is 4.61. The molecule has 166 valence electrons. The van der Waals surface area contributed by atoms with Crippen LogP contribution in [-0.2, 0) is 4.79 Å². The first kappa shape index (κ1) is 22.9. The lowest BCUT2D eigenvalue weighted by Gasteiger charge is -2.48. The highest BCUT2D eigenvalue weighted by Gasteiger charge is 2.48. The molecule has 0 saturated carbocycles. The third kappa shape index (κ3) is 4.87. The molecule has 0 spiro atoms. The number of hydrogen-bond donors (Lipinski definition) is 0. The Kier molecular flexibility index (Phi) is 7.54. The van der Waals surface area contributed by atoms with E-state index in [-0.39, 0.29) is 17.9 Å². The van der Waals surface area contributed by atoms with Crippen LogP contribution in [0.15, 0.2) is 78.9 Å². The van der Waals surface area contributed by atoms with Crippen LogP contribution in [0.1, 0.15) is 42.3 Å². The van der Waals surface area contributed by atoms with Crippen molar-refractivity contribution in [3.63, 3.8) is 0 Å². The van der Waals surface area contributed by atoms with E-state index >= 15 is 0 Å². The Morgan fingerprint density at radius 2 is 1.66 bits per heavy atom. The normalized spacial score (nSPS) is 18.8. The number of methoxy groups -OCH3 is 1. The van der Waals surface area contributed by atoms with E-state index in [9.17, 15) is 4.79 Å². The van der Waals surface area contributed by atoms with Crippen molar-refractivity contribution in [1.29, 1.82) is 0 Å². The molecule has 3 atom stereocenters. The van der Waals surface area contributed by atoms with Gasteiger partial charge in [0.25, 0.3) is 0 Å². The van der Waals surface area contributed by atoms with Crippen molar-refractivity contribution in [2.45, 2.75) is 31.2 Å². The minimum absolute atomic E-state index is 0.0330. The number of anilines is 1. The van der Waals surface area contributed by atoms with Gasteiger partial charge in [0.15, 0.2) is 0 Å². The van der Waals surface area contributed by atoms with Crippen molar-refractivity contribution >= 4 is 39.1 Å². The average molecular weight is 513 g/mol. The second kappa shape index (κ2) is 10.5. The van der Waals surface area contributed by atoms with Crippen molar-refractivity contribution in [2.75, 3.05) is 17.3 Å². The largest absolute Gasteiger partial charge is 0.497 e. The van der Waals surface area contributed by atoms with Crippen molar-refractivity contribution in [2.24, 2.45) is 5.92 Å². The van der Waals surface area contributed by atoms with Gasteiger partial charge in [-0.2, -0.15) is 0 Å². The van der Waals surface area contributed by atoms with E-state index in [0.717, 1.165) is 46.6 Å². The third-order valence-corrected chi connectivity index (χ3v) is 7.04. The lowest BCUT2D eigenvalue weighted by Crippen LogP contribution is -2.55. The van der Waals surface area contributed by atoms with E-state index < -0.39 is 0 Å². The van der Waals surface area contributed by atoms with Gasteiger partial charge in [-0.3, -0.25) is 4.79 Å². The van der Waals surface area contributed by atoms with Gasteiger partial charge >= 0.3 is 0 Å². The topological polar surface area (TPSA) is 29.5 Å². The summed E-state index contributed by atoms with van der Waals surface area (Å²) in [6, 6.07) is 26.2. The zero-order chi connectivity index (χ0) is 22.5. The summed E-state index contributed by atoms with van der Waals surface area (Å²) in [5, 5.41) is 1.68. The fraction of sp³-hybridized carbons (Fsp3) is 0.296. The summed E-state index contributed by atoms with van der Waals surface area (Å²) in [7, 11) is 1.67. The molecule has 1 fully saturated rings. The first-order valence-corrected chi connectivity index (χ1v) is 12.5. The van der Waals surface area contributed by atoms with Crippen LogP contribution in [0.2, 0.25) is 5.02 Å². The molecular formula is C27H27BrClNO2. The number of carbonyl (C=O) groups is 1. The summed E-state index contributed by atoms with van der Waals surface area (Å²) in [6.45, 7) is 0. The molecule has 1 saturated heterocycles. The zero-order valence-corrected chi connectivity index (χ0v) is 20.4. The van der Waals surface area contributed by atoms with Gasteiger partial charge in [0.2, 0.25) is 5.91 Å². The maximum Gasteiger partial charge on any atom is 0.233 e. The summed E-state index contributed by atoms with van der Waals surface area (Å²) in [5.74, 6) is 1.38. The molecule has 1 aliphatic rings. The Morgan fingerprint density at radius 1 is 0.969 bits per heavy atom. The smallest absolute Gasteiger partial charge is 0.233 e. The van der Waals surface area contributed by atoms with Crippen LogP contribution in [-0.4, -0.2) is 18.3 Å². The number of alkyl halides is 1. The molecule has 3 aromatic carbocycles. The molecule has 0 N–H and O–H groups in total. The van der Waals surface area contributed by atoms with Gasteiger partial charge in [0, 0.05) is 16.0 Å². The molecule has 0 aliphatic carbocycles. The van der Waals surface area contributed by atoms with E-state index in [0.29, 0.717) is 5.92 Å². The Labute approximate surface area is 203 Å². The maximum atomic E-state index is 13.3. The second-order valence-corrected chi connectivity index (χ2v) is 9.40. The van der Waals surface area contributed by atoms with Crippen molar-refractivity contribution in [3.05, 3.63) is 95.0 Å². The van der Waals surface area contributed by atoms with E-state index in [1.54, 1.807) is 7.11 Å². The van der Waals surface area contributed by atoms with Gasteiger partial charge in [-0.1, -0.05) is 70.0 Å². The van der Waals surface area contributed by atoms with Crippen LogP contribution in [0.4, 0.5) is 5.69 Å². The summed E-state index contributed by atoms with van der Waals surface area (Å²) in [4.78, 5) is 15.2. The molecule has 5 heteroatoms. The number of hydrogen-bond acceptors (Lipinski definition) is 2. The summed E-state index contributed by atoms with van der Waals surface area (Å²) >= 11 is 9.69. The van der Waals surface area contributed by atoms with Crippen LogP contribution in [0.3, 0.4) is 0 Å². The van der Waals surface area contributed by atoms with Gasteiger partial charge in [0.05, 0.1) is 19.1 Å². The van der Waals surface area contributed by atoms with Crippen LogP contribution >= 0.6 is 27.5 Å². The zero-order valence-electron chi connectivity index (χ0n) is 18.1. The molecule has 0 radical (unpaired) electrons. The van der Waals surface area contributed by atoms with E-state index in [1.165, 1.54) is 5.56 Å². The van der Waals surface area contributed by atoms with Crippen LogP contribution < -0.4 is 9.64 Å². The number of benzene rings is 3. The number of nitrogens with zero attached hydrogens (tertiary/aromatic N) is 1. The molecule has 1 heterocycles. The predicted octanol–water partition coefficient (Wildman–Crippen LogP) is 7.40. The van der Waals surface area contributed by atoms with E-state index in [2.05, 4.69) is 40.2 Å². The van der Waals surface area contributed by atoms with Crippen LogP contribution in [0, 0.1) is 5.92 Å². The number of ether oxygens (including phenoxy) is 1. The highest BCUT2D eigenvalue weighted by Crippen LogP contribution is 2.46. The first-order chi connectivity index (χ1) is 15.6. The quantitative estimate of drug-likeness (QED) is 0.221. The molecule has 3 nitrogen and oxygen atoms in total. The molecule has 0 aromatic heterocycles. The SMILES string of the molecule is COc1ccc([C@@H]2[C@@H](CC[C@H](CCBr)c3ccc(Cl)cc3)C(=O)N2c2ccccc2)cc1. The van der Waals surface area contributed by atoms with E-state index in [4.69, 9.17) is 16.3 Å². The Hall–Kier alpha value is -2.30. The highest BCUT2D eigenvalue weighted by atomic mass is 79.9.